The molecule has 8 heteroatoms. The van der Waals surface area contributed by atoms with Crippen molar-refractivity contribution in [1.82, 2.24) is 0 Å². The van der Waals surface area contributed by atoms with Crippen LogP contribution in [0.2, 0.25) is 0 Å². The standard InChI is InChI=1S/C10H17O7P/c11-6-3-1-2-4-7(6)18(16,17)8(10(14)15)5-9(12)13/h6-8,11H,1-5H2,(H,12,13)(H,14,15)(H,16,17)/t6-,7+,8-/m1/s1. The lowest BCUT2D eigenvalue weighted by atomic mass is 9.97. The summed E-state index contributed by atoms with van der Waals surface area (Å²) < 4.78 is 12.2. The Bertz CT molecular complexity index is 380. The molecule has 0 heterocycles. The zero-order valence-corrected chi connectivity index (χ0v) is 10.6. The van der Waals surface area contributed by atoms with E-state index in [4.69, 9.17) is 10.2 Å². The van der Waals surface area contributed by atoms with Gasteiger partial charge in [0.15, 0.2) is 0 Å². The molecule has 0 amide bonds. The first-order valence-electron chi connectivity index (χ1n) is 5.71. The maximum absolute atomic E-state index is 12.2. The van der Waals surface area contributed by atoms with Crippen molar-refractivity contribution < 1.29 is 34.4 Å². The Morgan fingerprint density at radius 3 is 2.22 bits per heavy atom. The summed E-state index contributed by atoms with van der Waals surface area (Å²) in [5, 5.41) is 27.2. The average molecular weight is 280 g/mol. The number of carboxylic acid groups (broad SMARTS) is 2. The summed E-state index contributed by atoms with van der Waals surface area (Å²) in [6.45, 7) is 0. The number of carboxylic acids is 2. The molecule has 1 unspecified atom stereocenters. The Morgan fingerprint density at radius 1 is 1.22 bits per heavy atom. The lowest BCUT2D eigenvalue weighted by Crippen LogP contribution is -2.36. The van der Waals surface area contributed by atoms with Crippen molar-refractivity contribution in [2.24, 2.45) is 0 Å². The lowest BCUT2D eigenvalue weighted by Gasteiger charge is -2.33. The molecule has 1 saturated carbocycles. The van der Waals surface area contributed by atoms with Crippen LogP contribution >= 0.6 is 7.37 Å². The number of carbonyl (C=O) groups is 2. The van der Waals surface area contributed by atoms with E-state index in [0.29, 0.717) is 19.3 Å². The molecule has 4 N–H and O–H groups in total. The molecule has 1 aliphatic carbocycles. The number of aliphatic hydroxyl groups is 1. The number of aliphatic hydroxyl groups excluding tert-OH is 1. The normalized spacial score (nSPS) is 29.2. The highest BCUT2D eigenvalue weighted by Gasteiger charge is 2.47. The van der Waals surface area contributed by atoms with E-state index in [1.54, 1.807) is 0 Å². The highest BCUT2D eigenvalue weighted by Crippen LogP contribution is 2.56. The smallest absolute Gasteiger partial charge is 0.316 e. The van der Waals surface area contributed by atoms with Gasteiger partial charge in [-0.25, -0.2) is 0 Å². The van der Waals surface area contributed by atoms with Gasteiger partial charge >= 0.3 is 11.9 Å². The third kappa shape index (κ3) is 3.31. The van der Waals surface area contributed by atoms with Crippen LogP contribution in [0.3, 0.4) is 0 Å². The molecule has 1 fully saturated rings. The Kier molecular flexibility index (Phi) is 4.90. The van der Waals surface area contributed by atoms with E-state index in [1.165, 1.54) is 0 Å². The van der Waals surface area contributed by atoms with Gasteiger partial charge in [-0.05, 0) is 12.8 Å². The maximum Gasteiger partial charge on any atom is 0.316 e. The molecule has 0 radical (unpaired) electrons. The van der Waals surface area contributed by atoms with Crippen LogP contribution in [0.1, 0.15) is 32.1 Å². The number of rotatable bonds is 5. The number of hydrogen-bond acceptors (Lipinski definition) is 4. The first-order chi connectivity index (χ1) is 8.26. The highest BCUT2D eigenvalue weighted by atomic mass is 31.2. The predicted molar refractivity (Wildman–Crippen MR) is 61.8 cm³/mol. The Labute approximate surface area is 104 Å². The lowest BCUT2D eigenvalue weighted by molar-refractivity contribution is -0.143. The van der Waals surface area contributed by atoms with Gasteiger partial charge in [0.05, 0.1) is 18.2 Å². The van der Waals surface area contributed by atoms with E-state index < -0.39 is 43.2 Å². The highest BCUT2D eigenvalue weighted by molar-refractivity contribution is 7.60. The van der Waals surface area contributed by atoms with Crippen LogP contribution in [0.25, 0.3) is 0 Å². The molecule has 0 saturated heterocycles. The van der Waals surface area contributed by atoms with Crippen molar-refractivity contribution in [1.29, 1.82) is 0 Å². The molecule has 0 aromatic rings. The van der Waals surface area contributed by atoms with Gasteiger partial charge in [-0.2, -0.15) is 0 Å². The SMILES string of the molecule is O=C(O)C[C@H](C(=O)O)P(=O)(O)[C@H]1CCCC[C@H]1O. The van der Waals surface area contributed by atoms with E-state index in [9.17, 15) is 24.2 Å². The Hall–Kier alpha value is -0.910. The van der Waals surface area contributed by atoms with Gasteiger partial charge < -0.3 is 20.2 Å². The summed E-state index contributed by atoms with van der Waals surface area (Å²) >= 11 is 0. The van der Waals surface area contributed by atoms with Crippen molar-refractivity contribution in [2.75, 3.05) is 0 Å². The first kappa shape index (κ1) is 15.1. The van der Waals surface area contributed by atoms with E-state index in [1.807, 2.05) is 0 Å². The largest absolute Gasteiger partial charge is 0.481 e. The fourth-order valence-corrected chi connectivity index (χ4v) is 4.69. The fraction of sp³-hybridized carbons (Fsp3) is 0.800. The van der Waals surface area contributed by atoms with Gasteiger partial charge in [-0.3, -0.25) is 14.2 Å². The maximum atomic E-state index is 12.2. The summed E-state index contributed by atoms with van der Waals surface area (Å²) in [5.41, 5.74) is -2.89. The van der Waals surface area contributed by atoms with E-state index >= 15 is 0 Å². The minimum absolute atomic E-state index is 0.248. The molecule has 18 heavy (non-hydrogen) atoms. The van der Waals surface area contributed by atoms with Gasteiger partial charge in [-0.15, -0.1) is 0 Å². The summed E-state index contributed by atoms with van der Waals surface area (Å²) in [7, 11) is -4.27. The van der Waals surface area contributed by atoms with Gasteiger partial charge in [0.25, 0.3) is 0 Å². The molecule has 0 aromatic carbocycles. The average Bonchev–Trinajstić information content (AvgIpc) is 2.25. The zero-order chi connectivity index (χ0) is 13.9. The second-order valence-corrected chi connectivity index (χ2v) is 7.18. The third-order valence-corrected chi connectivity index (χ3v) is 6.12. The van der Waals surface area contributed by atoms with Crippen molar-refractivity contribution in [3.63, 3.8) is 0 Å². The van der Waals surface area contributed by atoms with Gasteiger partial charge in [-0.1, -0.05) is 12.8 Å². The minimum Gasteiger partial charge on any atom is -0.481 e. The third-order valence-electron chi connectivity index (χ3n) is 3.27. The summed E-state index contributed by atoms with van der Waals surface area (Å²) in [4.78, 5) is 31.5. The summed E-state index contributed by atoms with van der Waals surface area (Å²) in [6, 6.07) is 0. The van der Waals surface area contributed by atoms with Crippen LogP contribution in [-0.4, -0.2) is 49.6 Å². The molecule has 104 valence electrons. The van der Waals surface area contributed by atoms with Crippen molar-refractivity contribution >= 4 is 19.3 Å². The van der Waals surface area contributed by atoms with Crippen LogP contribution in [0.4, 0.5) is 0 Å². The molecular weight excluding hydrogens is 263 g/mol. The molecular formula is C10H17O7P. The summed E-state index contributed by atoms with van der Waals surface area (Å²) in [5.74, 6) is -3.05. The van der Waals surface area contributed by atoms with Crippen LogP contribution < -0.4 is 0 Å². The van der Waals surface area contributed by atoms with E-state index in [2.05, 4.69) is 0 Å². The molecule has 0 aliphatic heterocycles. The van der Waals surface area contributed by atoms with Crippen molar-refractivity contribution in [3.8, 4) is 0 Å². The second-order valence-electron chi connectivity index (χ2n) is 4.54. The van der Waals surface area contributed by atoms with Gasteiger partial charge in [0, 0.05) is 0 Å². The van der Waals surface area contributed by atoms with Crippen molar-refractivity contribution in [2.45, 2.75) is 49.5 Å². The van der Waals surface area contributed by atoms with Crippen LogP contribution in [0, 0.1) is 0 Å². The molecule has 1 rings (SSSR count). The molecule has 0 bridgehead atoms. The minimum atomic E-state index is -4.27. The quantitative estimate of drug-likeness (QED) is 0.538. The Balaban J connectivity index is 2.96. The van der Waals surface area contributed by atoms with Gasteiger partial charge in [0.2, 0.25) is 7.37 Å². The zero-order valence-electron chi connectivity index (χ0n) is 9.73. The van der Waals surface area contributed by atoms with Crippen LogP contribution in [-0.2, 0) is 14.2 Å². The molecule has 7 nitrogen and oxygen atoms in total. The molecule has 4 atom stereocenters. The van der Waals surface area contributed by atoms with Crippen LogP contribution in [0.15, 0.2) is 0 Å². The van der Waals surface area contributed by atoms with Gasteiger partial charge in [0.1, 0.15) is 5.66 Å². The predicted octanol–water partition coefficient (Wildman–Crippen LogP) is 0.488. The monoisotopic (exact) mass is 280 g/mol. The fourth-order valence-electron chi connectivity index (χ4n) is 2.30. The van der Waals surface area contributed by atoms with Crippen molar-refractivity contribution in [3.05, 3.63) is 0 Å². The van der Waals surface area contributed by atoms with E-state index in [0.717, 1.165) is 0 Å². The topological polar surface area (TPSA) is 132 Å². The molecule has 0 spiro atoms. The first-order valence-corrected chi connectivity index (χ1v) is 7.51. The number of hydrogen-bond donors (Lipinski definition) is 4. The molecule has 1 aliphatic rings. The second kappa shape index (κ2) is 5.82. The molecule has 0 aromatic heterocycles. The summed E-state index contributed by atoms with van der Waals surface area (Å²) in [6.07, 6.45) is -0.00972. The Morgan fingerprint density at radius 2 is 1.78 bits per heavy atom. The van der Waals surface area contributed by atoms with Crippen LogP contribution in [0.5, 0.6) is 0 Å². The van der Waals surface area contributed by atoms with E-state index in [-0.39, 0.29) is 6.42 Å². The number of aliphatic carboxylic acids is 2.